The van der Waals surface area contributed by atoms with Crippen molar-refractivity contribution in [2.24, 2.45) is 5.92 Å². The van der Waals surface area contributed by atoms with Crippen molar-refractivity contribution < 1.29 is 23.7 Å². The minimum Gasteiger partial charge on any atom is -0.487 e. The van der Waals surface area contributed by atoms with E-state index in [4.69, 9.17) is 4.74 Å². The molecule has 38 heavy (non-hydrogen) atoms. The predicted molar refractivity (Wildman–Crippen MR) is 147 cm³/mol. The van der Waals surface area contributed by atoms with Gasteiger partial charge in [0, 0.05) is 19.3 Å². The van der Waals surface area contributed by atoms with Crippen LogP contribution < -0.4 is 4.74 Å². The third-order valence-electron chi connectivity index (χ3n) is 7.42. The smallest absolute Gasteiger partial charge is 0.306 e. The number of fused-ring (bicyclic) bond motifs is 1. The van der Waals surface area contributed by atoms with E-state index in [9.17, 15) is 19.0 Å². The third kappa shape index (κ3) is 6.04. The van der Waals surface area contributed by atoms with Crippen LogP contribution in [0.3, 0.4) is 0 Å². The second-order valence-corrected chi connectivity index (χ2v) is 12.0. The van der Waals surface area contributed by atoms with Gasteiger partial charge in [0.25, 0.3) is 0 Å². The number of para-hydroxylation sites is 1. The topological polar surface area (TPSA) is 121 Å². The average Bonchev–Trinajstić information content (AvgIpc) is 3.33. The van der Waals surface area contributed by atoms with E-state index in [1.54, 1.807) is 34.1 Å². The van der Waals surface area contributed by atoms with Crippen molar-refractivity contribution in [2.45, 2.75) is 77.0 Å². The monoisotopic (exact) mass is 542 g/mol. The van der Waals surface area contributed by atoms with Gasteiger partial charge < -0.3 is 9.84 Å². The Morgan fingerprint density at radius 3 is 2.66 bits per heavy atom. The molecule has 1 aliphatic heterocycles. The van der Waals surface area contributed by atoms with E-state index in [1.165, 1.54) is 0 Å². The van der Waals surface area contributed by atoms with Gasteiger partial charge in [-0.25, -0.2) is 0 Å². The molecular weight excluding hydrogens is 504 g/mol. The molecule has 206 valence electrons. The first-order valence-corrected chi connectivity index (χ1v) is 14.6. The number of ether oxygens (including phenoxy) is 1. The van der Waals surface area contributed by atoms with Crippen LogP contribution in [-0.2, 0) is 24.3 Å². The molecule has 0 saturated heterocycles. The van der Waals surface area contributed by atoms with Gasteiger partial charge in [0.15, 0.2) is 0 Å². The van der Waals surface area contributed by atoms with Crippen molar-refractivity contribution in [2.75, 3.05) is 6.54 Å². The van der Waals surface area contributed by atoms with Crippen LogP contribution in [0.2, 0.25) is 0 Å². The summed E-state index contributed by atoms with van der Waals surface area (Å²) < 4.78 is 32.4. The molecule has 2 aromatic carbocycles. The largest absolute Gasteiger partial charge is 0.487 e. The molecule has 10 heteroatoms. The van der Waals surface area contributed by atoms with Gasteiger partial charge in [0.1, 0.15) is 16.7 Å². The second kappa shape index (κ2) is 11.9. The van der Waals surface area contributed by atoms with Crippen molar-refractivity contribution in [3.05, 3.63) is 71.0 Å². The molecule has 3 atom stereocenters. The molecule has 9 nitrogen and oxygen atoms in total. The number of nitrogens with zero attached hydrogens (tertiary/aromatic N) is 4. The van der Waals surface area contributed by atoms with E-state index in [-0.39, 0.29) is 12.0 Å². The Morgan fingerprint density at radius 1 is 1.21 bits per heavy atom. The Hall–Kier alpha value is -2.92. The Labute approximate surface area is 225 Å². The fourth-order valence-corrected chi connectivity index (χ4v) is 6.52. The maximum atomic E-state index is 12.0. The number of aryl methyl sites for hydroxylation is 3. The van der Waals surface area contributed by atoms with Crippen LogP contribution in [0.25, 0.3) is 0 Å². The first kappa shape index (κ1) is 28.1. The number of hydrogen-bond donors (Lipinski definition) is 3. The lowest BCUT2D eigenvalue weighted by Gasteiger charge is -2.42. The van der Waals surface area contributed by atoms with Crippen molar-refractivity contribution >= 4 is 16.7 Å². The second-order valence-electron chi connectivity index (χ2n) is 9.96. The van der Waals surface area contributed by atoms with Crippen LogP contribution in [0.1, 0.15) is 61.9 Å². The van der Waals surface area contributed by atoms with Crippen molar-refractivity contribution in [3.63, 3.8) is 0 Å². The van der Waals surface area contributed by atoms with Crippen LogP contribution in [-0.4, -0.2) is 52.1 Å². The summed E-state index contributed by atoms with van der Waals surface area (Å²) in [5.41, 5.74) is 3.68. The highest BCUT2D eigenvalue weighted by atomic mass is 32.3. The summed E-state index contributed by atoms with van der Waals surface area (Å²) in [5, 5.41) is 18.2. The summed E-state index contributed by atoms with van der Waals surface area (Å²) in [6, 6.07) is 13.1. The van der Waals surface area contributed by atoms with Crippen LogP contribution >= 0.6 is 10.8 Å². The normalized spacial score (nSPS) is 19.6. The van der Waals surface area contributed by atoms with E-state index < -0.39 is 22.7 Å². The number of benzene rings is 2. The van der Waals surface area contributed by atoms with Gasteiger partial charge in [0.05, 0.1) is 18.2 Å². The molecule has 0 bridgehead atoms. The zero-order chi connectivity index (χ0) is 27.4. The molecular formula is C28H38N4O5S. The highest BCUT2D eigenvalue weighted by molar-refractivity contribution is 8.22. The lowest BCUT2D eigenvalue weighted by Crippen LogP contribution is -2.34. The van der Waals surface area contributed by atoms with Gasteiger partial charge in [-0.1, -0.05) is 49.4 Å². The molecule has 3 aromatic rings. The SMILES string of the molecule is CCC1CN(Cc2cc(C(CCc3cn(CC)nn3)C(C)C(=O)O)ccc2C)S(O)(O)c2ccccc2O1. The summed E-state index contributed by atoms with van der Waals surface area (Å²) >= 11 is 0. The predicted octanol–water partition coefficient (Wildman–Crippen LogP) is 5.74. The number of hydrogen-bond acceptors (Lipinski definition) is 7. The van der Waals surface area contributed by atoms with Crippen LogP contribution in [0.15, 0.2) is 53.6 Å². The summed E-state index contributed by atoms with van der Waals surface area (Å²) in [4.78, 5) is 12.4. The Kier molecular flexibility index (Phi) is 8.77. The number of aliphatic carboxylic acids is 1. The molecule has 1 aromatic heterocycles. The van der Waals surface area contributed by atoms with Gasteiger partial charge in [-0.05, 0) is 67.9 Å². The number of carboxylic acid groups (broad SMARTS) is 1. The van der Waals surface area contributed by atoms with E-state index in [0.717, 1.165) is 35.3 Å². The minimum atomic E-state index is -3.29. The van der Waals surface area contributed by atoms with Crippen LogP contribution in [0.4, 0.5) is 0 Å². The van der Waals surface area contributed by atoms with Crippen molar-refractivity contribution in [1.29, 1.82) is 0 Å². The van der Waals surface area contributed by atoms with Gasteiger partial charge in [-0.15, -0.1) is 15.9 Å². The number of carbonyl (C=O) groups is 1. The zero-order valence-corrected chi connectivity index (χ0v) is 23.3. The molecule has 0 saturated carbocycles. The summed E-state index contributed by atoms with van der Waals surface area (Å²) in [6.45, 7) is 9.13. The third-order valence-corrected chi connectivity index (χ3v) is 9.35. The molecule has 0 aliphatic carbocycles. The lowest BCUT2D eigenvalue weighted by atomic mass is 9.82. The fourth-order valence-electron chi connectivity index (χ4n) is 4.90. The number of carboxylic acids is 1. The molecule has 0 amide bonds. The van der Waals surface area contributed by atoms with Gasteiger partial charge >= 0.3 is 5.97 Å². The molecule has 0 spiro atoms. The van der Waals surface area contributed by atoms with E-state index >= 15 is 0 Å². The molecule has 3 unspecified atom stereocenters. The fraction of sp³-hybridized carbons (Fsp3) is 0.464. The first-order valence-electron chi connectivity index (χ1n) is 13.1. The van der Waals surface area contributed by atoms with Crippen LogP contribution in [0.5, 0.6) is 5.75 Å². The van der Waals surface area contributed by atoms with E-state index in [1.807, 2.05) is 51.2 Å². The molecule has 1 aliphatic rings. The van der Waals surface area contributed by atoms with E-state index in [2.05, 4.69) is 10.3 Å². The lowest BCUT2D eigenvalue weighted by molar-refractivity contribution is -0.142. The quantitative estimate of drug-likeness (QED) is 0.297. The number of rotatable bonds is 10. The zero-order valence-electron chi connectivity index (χ0n) is 22.4. The molecule has 0 radical (unpaired) electrons. The van der Waals surface area contributed by atoms with Crippen LogP contribution in [0, 0.1) is 12.8 Å². The van der Waals surface area contributed by atoms with Gasteiger partial charge in [0.2, 0.25) is 0 Å². The Balaban J connectivity index is 1.64. The van der Waals surface area contributed by atoms with Gasteiger partial charge in [-0.2, -0.15) is 4.31 Å². The first-order chi connectivity index (χ1) is 18.1. The maximum Gasteiger partial charge on any atom is 0.306 e. The molecule has 0 fully saturated rings. The summed E-state index contributed by atoms with van der Waals surface area (Å²) in [7, 11) is -3.29. The minimum absolute atomic E-state index is 0.190. The Morgan fingerprint density at radius 2 is 1.97 bits per heavy atom. The summed E-state index contributed by atoms with van der Waals surface area (Å²) in [6.07, 6.45) is 3.66. The standard InChI is InChI=1S/C28H38N4O5S/c1-5-24-18-32(38(35,36)27-10-8-7-9-26(27)37-24)16-22-15-21(12-11-19(22)3)25(20(4)28(33)34)14-13-23-17-31(6-2)30-29-23/h7-12,15,17,20,24-25,35-36H,5-6,13-14,16,18H2,1-4H3,(H,33,34). The highest BCUT2D eigenvalue weighted by Gasteiger charge is 2.35. The highest BCUT2D eigenvalue weighted by Crippen LogP contribution is 2.57. The van der Waals surface area contributed by atoms with Gasteiger partial charge in [-0.3, -0.25) is 18.6 Å². The average molecular weight is 543 g/mol. The van der Waals surface area contributed by atoms with E-state index in [0.29, 0.717) is 36.6 Å². The van der Waals surface area contributed by atoms with Crippen molar-refractivity contribution in [1.82, 2.24) is 19.3 Å². The Bertz CT molecular complexity index is 1260. The summed E-state index contributed by atoms with van der Waals surface area (Å²) in [5.74, 6) is -1.19. The number of aromatic nitrogens is 3. The molecule has 4 rings (SSSR count). The van der Waals surface area contributed by atoms with Crippen molar-refractivity contribution in [3.8, 4) is 5.75 Å². The maximum absolute atomic E-state index is 12.0. The molecule has 2 heterocycles. The molecule has 3 N–H and O–H groups in total.